The quantitative estimate of drug-likeness (QED) is 0.524. The second kappa shape index (κ2) is 10.5. The molecule has 0 bridgehead atoms. The van der Waals surface area contributed by atoms with Crippen LogP contribution in [-0.4, -0.2) is 59.2 Å². The van der Waals surface area contributed by atoms with Crippen molar-refractivity contribution in [1.29, 1.82) is 0 Å². The van der Waals surface area contributed by atoms with Crippen LogP contribution in [0.2, 0.25) is 0 Å². The van der Waals surface area contributed by atoms with E-state index in [-0.39, 0.29) is 11.9 Å². The Balaban J connectivity index is 1.28. The van der Waals surface area contributed by atoms with Crippen molar-refractivity contribution in [2.75, 3.05) is 32.7 Å². The molecule has 1 atom stereocenters. The highest BCUT2D eigenvalue weighted by molar-refractivity contribution is 6.04. The fraction of sp³-hybridized carbons (Fsp3) is 0.333. The number of rotatable bonds is 6. The molecule has 1 fully saturated rings. The summed E-state index contributed by atoms with van der Waals surface area (Å²) in [4.78, 5) is 18.3. The van der Waals surface area contributed by atoms with Crippen LogP contribution >= 0.6 is 0 Å². The summed E-state index contributed by atoms with van der Waals surface area (Å²) in [5.41, 5.74) is 7.04. The molecule has 0 spiro atoms. The van der Waals surface area contributed by atoms with Gasteiger partial charge in [0, 0.05) is 44.7 Å². The minimum absolute atomic E-state index is 0.0574. The van der Waals surface area contributed by atoms with Gasteiger partial charge in [0.25, 0.3) is 5.91 Å². The standard InChI is InChI=1S/C30H34N4O/c1-23-13-14-24(2)27(19-23)28-20-29(26-11-7-4-8-12-26)34(31-28)30(35)22-33-17-15-32(16-18-33)21-25-9-5-3-6-10-25/h3-14,19,29H,15-18,20-22H2,1-2H3/t29-/m0/s1. The Morgan fingerprint density at radius 3 is 2.23 bits per heavy atom. The van der Waals surface area contributed by atoms with E-state index < -0.39 is 0 Å². The average Bonchev–Trinajstić information content (AvgIpc) is 3.33. The third kappa shape index (κ3) is 5.53. The van der Waals surface area contributed by atoms with Crippen molar-refractivity contribution >= 4 is 11.6 Å². The number of piperazine rings is 1. The molecule has 2 aliphatic rings. The van der Waals surface area contributed by atoms with Crippen molar-refractivity contribution in [3.63, 3.8) is 0 Å². The van der Waals surface area contributed by atoms with Gasteiger partial charge >= 0.3 is 0 Å². The number of hydrogen-bond acceptors (Lipinski definition) is 4. The van der Waals surface area contributed by atoms with Gasteiger partial charge in [-0.25, -0.2) is 5.01 Å². The lowest BCUT2D eigenvalue weighted by Gasteiger charge is -2.35. The molecule has 2 aliphatic heterocycles. The van der Waals surface area contributed by atoms with Crippen LogP contribution in [-0.2, 0) is 11.3 Å². The van der Waals surface area contributed by atoms with Crippen molar-refractivity contribution in [3.05, 3.63) is 107 Å². The van der Waals surface area contributed by atoms with Gasteiger partial charge in [-0.1, -0.05) is 78.4 Å². The van der Waals surface area contributed by atoms with Gasteiger partial charge in [-0.15, -0.1) is 0 Å². The SMILES string of the molecule is Cc1ccc(C)c(C2=NN(C(=O)CN3CCN(Cc4ccccc4)CC3)[C@H](c3ccccc3)C2)c1. The van der Waals surface area contributed by atoms with Gasteiger partial charge in [-0.2, -0.15) is 5.10 Å². The van der Waals surface area contributed by atoms with Crippen molar-refractivity contribution < 1.29 is 4.79 Å². The Morgan fingerprint density at radius 1 is 0.857 bits per heavy atom. The van der Waals surface area contributed by atoms with E-state index in [1.54, 1.807) is 5.01 Å². The summed E-state index contributed by atoms with van der Waals surface area (Å²) in [7, 11) is 0. The summed E-state index contributed by atoms with van der Waals surface area (Å²) < 4.78 is 0. The van der Waals surface area contributed by atoms with Crippen LogP contribution in [0.25, 0.3) is 0 Å². The molecule has 0 N–H and O–H groups in total. The molecule has 0 unspecified atom stereocenters. The smallest absolute Gasteiger partial charge is 0.257 e. The van der Waals surface area contributed by atoms with Gasteiger partial charge in [-0.05, 0) is 36.6 Å². The molecule has 3 aromatic carbocycles. The molecule has 2 heterocycles. The molecule has 3 aromatic rings. The lowest BCUT2D eigenvalue weighted by Crippen LogP contribution is -2.49. The zero-order valence-corrected chi connectivity index (χ0v) is 20.7. The van der Waals surface area contributed by atoms with E-state index in [1.165, 1.54) is 16.7 Å². The maximum absolute atomic E-state index is 13.6. The first-order chi connectivity index (χ1) is 17.1. The van der Waals surface area contributed by atoms with E-state index in [2.05, 4.69) is 84.3 Å². The summed E-state index contributed by atoms with van der Waals surface area (Å²) in [6.45, 7) is 9.34. The Hall–Kier alpha value is -3.28. The Bertz CT molecular complexity index is 1180. The number of hydrogen-bond donors (Lipinski definition) is 0. The molecule has 5 nitrogen and oxygen atoms in total. The first-order valence-electron chi connectivity index (χ1n) is 12.6. The number of hydrazone groups is 1. The number of carbonyl (C=O) groups excluding carboxylic acids is 1. The molecule has 0 aromatic heterocycles. The lowest BCUT2D eigenvalue weighted by molar-refractivity contribution is -0.134. The summed E-state index contributed by atoms with van der Waals surface area (Å²) in [6, 6.07) is 27.3. The van der Waals surface area contributed by atoms with Crippen LogP contribution in [0.1, 0.15) is 40.3 Å². The van der Waals surface area contributed by atoms with Gasteiger partial charge in [0.1, 0.15) is 0 Å². The number of nitrogens with zero attached hydrogens (tertiary/aromatic N) is 4. The second-order valence-electron chi connectivity index (χ2n) is 9.77. The number of aryl methyl sites for hydroxylation is 2. The van der Waals surface area contributed by atoms with Crippen LogP contribution in [0.5, 0.6) is 0 Å². The Morgan fingerprint density at radius 2 is 1.51 bits per heavy atom. The van der Waals surface area contributed by atoms with E-state index in [4.69, 9.17) is 5.10 Å². The fourth-order valence-corrected chi connectivity index (χ4v) is 5.10. The topological polar surface area (TPSA) is 39.2 Å². The van der Waals surface area contributed by atoms with Gasteiger partial charge in [0.15, 0.2) is 0 Å². The lowest BCUT2D eigenvalue weighted by atomic mass is 9.95. The van der Waals surface area contributed by atoms with Crippen molar-refractivity contribution in [3.8, 4) is 0 Å². The normalized spacial score (nSPS) is 19.1. The molecule has 1 amide bonds. The van der Waals surface area contributed by atoms with E-state index in [0.717, 1.165) is 56.0 Å². The molecule has 1 saturated heterocycles. The van der Waals surface area contributed by atoms with Gasteiger partial charge < -0.3 is 0 Å². The third-order valence-electron chi connectivity index (χ3n) is 7.13. The molecule has 180 valence electrons. The van der Waals surface area contributed by atoms with E-state index in [0.29, 0.717) is 6.54 Å². The van der Waals surface area contributed by atoms with Crippen LogP contribution in [0.3, 0.4) is 0 Å². The van der Waals surface area contributed by atoms with Crippen LogP contribution in [0, 0.1) is 13.8 Å². The van der Waals surface area contributed by atoms with Gasteiger partial charge in [-0.3, -0.25) is 14.6 Å². The number of amides is 1. The van der Waals surface area contributed by atoms with Crippen molar-refractivity contribution in [2.24, 2.45) is 5.10 Å². The highest BCUT2D eigenvalue weighted by Crippen LogP contribution is 2.33. The minimum atomic E-state index is -0.0574. The molecule has 35 heavy (non-hydrogen) atoms. The fourth-order valence-electron chi connectivity index (χ4n) is 5.10. The first-order valence-corrected chi connectivity index (χ1v) is 12.6. The predicted molar refractivity (Wildman–Crippen MR) is 141 cm³/mol. The molecule has 0 radical (unpaired) electrons. The maximum Gasteiger partial charge on any atom is 0.257 e. The zero-order chi connectivity index (χ0) is 24.2. The summed E-state index contributed by atoms with van der Waals surface area (Å²) >= 11 is 0. The zero-order valence-electron chi connectivity index (χ0n) is 20.7. The molecular formula is C30H34N4O. The summed E-state index contributed by atoms with van der Waals surface area (Å²) in [5, 5.41) is 6.67. The van der Waals surface area contributed by atoms with Crippen molar-refractivity contribution in [2.45, 2.75) is 32.9 Å². The molecular weight excluding hydrogens is 432 g/mol. The minimum Gasteiger partial charge on any atom is -0.297 e. The van der Waals surface area contributed by atoms with Gasteiger partial charge in [0.05, 0.1) is 18.3 Å². The molecule has 5 rings (SSSR count). The van der Waals surface area contributed by atoms with E-state index >= 15 is 0 Å². The average molecular weight is 467 g/mol. The summed E-state index contributed by atoms with van der Waals surface area (Å²) in [5.74, 6) is 0.0793. The highest BCUT2D eigenvalue weighted by Gasteiger charge is 2.34. The second-order valence-corrected chi connectivity index (χ2v) is 9.77. The van der Waals surface area contributed by atoms with Crippen LogP contribution in [0.15, 0.2) is 84.0 Å². The molecule has 5 heteroatoms. The largest absolute Gasteiger partial charge is 0.297 e. The molecule has 0 aliphatic carbocycles. The Labute approximate surface area is 208 Å². The summed E-state index contributed by atoms with van der Waals surface area (Å²) in [6.07, 6.45) is 0.741. The third-order valence-corrected chi connectivity index (χ3v) is 7.13. The first kappa shape index (κ1) is 23.5. The monoisotopic (exact) mass is 466 g/mol. The van der Waals surface area contributed by atoms with E-state index in [1.807, 2.05) is 18.2 Å². The van der Waals surface area contributed by atoms with E-state index in [9.17, 15) is 4.79 Å². The number of benzene rings is 3. The van der Waals surface area contributed by atoms with Crippen LogP contribution < -0.4 is 0 Å². The highest BCUT2D eigenvalue weighted by atomic mass is 16.2. The predicted octanol–water partition coefficient (Wildman–Crippen LogP) is 4.80. The van der Waals surface area contributed by atoms with Crippen LogP contribution in [0.4, 0.5) is 0 Å². The maximum atomic E-state index is 13.6. The number of carbonyl (C=O) groups is 1. The van der Waals surface area contributed by atoms with Gasteiger partial charge in [0.2, 0.25) is 0 Å². The Kier molecular flexibility index (Phi) is 7.07. The molecule has 0 saturated carbocycles. The van der Waals surface area contributed by atoms with Crippen molar-refractivity contribution in [1.82, 2.24) is 14.8 Å².